The van der Waals surface area contributed by atoms with Gasteiger partial charge in [0, 0.05) is 12.1 Å². The van der Waals surface area contributed by atoms with Crippen LogP contribution in [-0.4, -0.2) is 55.1 Å². The van der Waals surface area contributed by atoms with Crippen LogP contribution in [0.4, 0.5) is 0 Å². The fourth-order valence-electron chi connectivity index (χ4n) is 2.97. The summed E-state index contributed by atoms with van der Waals surface area (Å²) in [4.78, 5) is 24.8. The zero-order chi connectivity index (χ0) is 18.8. The predicted molar refractivity (Wildman–Crippen MR) is 113 cm³/mol. The highest BCUT2D eigenvalue weighted by molar-refractivity contribution is 7.98. The highest BCUT2D eigenvalue weighted by atomic mass is 35.5. The summed E-state index contributed by atoms with van der Waals surface area (Å²) in [6.07, 6.45) is 4.41. The third kappa shape index (κ3) is 8.86. The molecule has 8 heteroatoms. The van der Waals surface area contributed by atoms with E-state index in [1.54, 1.807) is 23.9 Å². The molecule has 1 aliphatic heterocycles. The average molecular weight is 416 g/mol. The van der Waals surface area contributed by atoms with E-state index in [0.29, 0.717) is 18.2 Å². The van der Waals surface area contributed by atoms with Crippen LogP contribution in [0.1, 0.15) is 26.2 Å². The van der Waals surface area contributed by atoms with E-state index in [0.717, 1.165) is 25.1 Å². The van der Waals surface area contributed by atoms with Gasteiger partial charge in [0.05, 0.1) is 0 Å². The van der Waals surface area contributed by atoms with Crippen LogP contribution in [0.2, 0.25) is 0 Å². The third-order valence-corrected chi connectivity index (χ3v) is 4.99. The van der Waals surface area contributed by atoms with Crippen molar-refractivity contribution >= 4 is 36.0 Å². The Labute approximate surface area is 172 Å². The number of carbonyl (C=O) groups excluding carboxylic acids is 2. The topological polar surface area (TPSA) is 79.5 Å². The number of thioether (sulfide) groups is 1. The maximum atomic E-state index is 12.6. The summed E-state index contributed by atoms with van der Waals surface area (Å²) in [6, 6.07) is 9.20. The molecule has 1 aromatic carbocycles. The molecule has 1 aromatic rings. The third-order valence-electron chi connectivity index (χ3n) is 4.35. The molecular formula is C19H30ClN3O3S. The van der Waals surface area contributed by atoms with Gasteiger partial charge in [0.25, 0.3) is 5.91 Å². The minimum atomic E-state index is -0.528. The van der Waals surface area contributed by atoms with E-state index in [1.165, 1.54) is 0 Å². The number of rotatable bonds is 9. The highest BCUT2D eigenvalue weighted by Crippen LogP contribution is 2.10. The Morgan fingerprint density at radius 3 is 2.74 bits per heavy atom. The van der Waals surface area contributed by atoms with Crippen molar-refractivity contribution in [2.24, 2.45) is 0 Å². The molecular weight excluding hydrogens is 386 g/mol. The lowest BCUT2D eigenvalue weighted by Crippen LogP contribution is -2.53. The number of piperidine rings is 1. The summed E-state index contributed by atoms with van der Waals surface area (Å²) >= 11 is 1.66. The smallest absolute Gasteiger partial charge is 0.258 e. The number of amides is 2. The first-order chi connectivity index (χ1) is 12.6. The summed E-state index contributed by atoms with van der Waals surface area (Å²) in [7, 11) is 0. The Hall–Kier alpha value is -1.44. The van der Waals surface area contributed by atoms with E-state index in [4.69, 9.17) is 4.74 Å². The largest absolute Gasteiger partial charge is 0.484 e. The van der Waals surface area contributed by atoms with E-state index in [9.17, 15) is 9.59 Å². The molecule has 0 spiro atoms. The average Bonchev–Trinajstić information content (AvgIpc) is 2.64. The Kier molecular flexibility index (Phi) is 11.2. The van der Waals surface area contributed by atoms with Gasteiger partial charge in [-0.25, -0.2) is 0 Å². The van der Waals surface area contributed by atoms with E-state index < -0.39 is 6.04 Å². The Bertz CT molecular complexity index is 577. The second kappa shape index (κ2) is 12.9. The molecule has 1 fully saturated rings. The zero-order valence-corrected chi connectivity index (χ0v) is 17.5. The number of para-hydroxylation sites is 1. The maximum absolute atomic E-state index is 12.6. The monoisotopic (exact) mass is 415 g/mol. The number of benzene rings is 1. The van der Waals surface area contributed by atoms with Crippen molar-refractivity contribution in [3.8, 4) is 5.75 Å². The van der Waals surface area contributed by atoms with Crippen LogP contribution in [0.25, 0.3) is 0 Å². The molecule has 0 radical (unpaired) electrons. The number of hydrogen-bond donors (Lipinski definition) is 3. The van der Waals surface area contributed by atoms with Gasteiger partial charge in [0.1, 0.15) is 11.8 Å². The second-order valence-electron chi connectivity index (χ2n) is 6.59. The van der Waals surface area contributed by atoms with Crippen LogP contribution in [-0.2, 0) is 9.59 Å². The van der Waals surface area contributed by atoms with Crippen molar-refractivity contribution in [2.75, 3.05) is 25.2 Å². The molecule has 152 valence electrons. The normalized spacial score (nSPS) is 20.1. The Balaban J connectivity index is 0.00000364. The molecule has 2 rings (SSSR count). The lowest BCUT2D eigenvalue weighted by atomic mass is 10.00. The van der Waals surface area contributed by atoms with Crippen LogP contribution in [0.3, 0.4) is 0 Å². The van der Waals surface area contributed by atoms with E-state index in [-0.39, 0.29) is 36.9 Å². The molecule has 1 saturated heterocycles. The minimum absolute atomic E-state index is 0. The first-order valence-corrected chi connectivity index (χ1v) is 10.5. The first kappa shape index (κ1) is 23.6. The van der Waals surface area contributed by atoms with Gasteiger partial charge >= 0.3 is 0 Å². The number of nitrogens with one attached hydrogen (secondary N) is 3. The molecule has 0 aliphatic carbocycles. The summed E-state index contributed by atoms with van der Waals surface area (Å²) in [5, 5.41) is 9.28. The fraction of sp³-hybridized carbons (Fsp3) is 0.579. The van der Waals surface area contributed by atoms with Gasteiger partial charge < -0.3 is 20.7 Å². The quantitative estimate of drug-likeness (QED) is 0.574. The number of hydrogen-bond acceptors (Lipinski definition) is 5. The van der Waals surface area contributed by atoms with Crippen LogP contribution in [0.15, 0.2) is 30.3 Å². The molecule has 6 nitrogen and oxygen atoms in total. The van der Waals surface area contributed by atoms with Crippen LogP contribution < -0.4 is 20.7 Å². The van der Waals surface area contributed by atoms with Crippen LogP contribution >= 0.6 is 24.2 Å². The zero-order valence-electron chi connectivity index (χ0n) is 15.9. The van der Waals surface area contributed by atoms with Crippen molar-refractivity contribution in [1.29, 1.82) is 0 Å². The molecule has 2 amide bonds. The summed E-state index contributed by atoms with van der Waals surface area (Å²) < 4.78 is 5.46. The van der Waals surface area contributed by atoms with Crippen LogP contribution in [0.5, 0.6) is 5.75 Å². The molecule has 0 saturated carbocycles. The van der Waals surface area contributed by atoms with Gasteiger partial charge in [0.15, 0.2) is 6.61 Å². The summed E-state index contributed by atoms with van der Waals surface area (Å²) in [6.45, 7) is 2.92. The molecule has 3 atom stereocenters. The molecule has 1 aliphatic rings. The molecule has 3 N–H and O–H groups in total. The number of halogens is 1. The highest BCUT2D eigenvalue weighted by Gasteiger charge is 2.25. The van der Waals surface area contributed by atoms with E-state index >= 15 is 0 Å². The molecule has 0 bridgehead atoms. The van der Waals surface area contributed by atoms with E-state index in [1.807, 2.05) is 24.5 Å². The van der Waals surface area contributed by atoms with Gasteiger partial charge in [-0.15, -0.1) is 12.4 Å². The second-order valence-corrected chi connectivity index (χ2v) is 7.57. The summed E-state index contributed by atoms with van der Waals surface area (Å²) in [5.74, 6) is 1.05. The van der Waals surface area contributed by atoms with Crippen molar-refractivity contribution in [3.05, 3.63) is 30.3 Å². The van der Waals surface area contributed by atoms with Crippen molar-refractivity contribution in [2.45, 2.75) is 44.3 Å². The van der Waals surface area contributed by atoms with Crippen molar-refractivity contribution < 1.29 is 14.3 Å². The maximum Gasteiger partial charge on any atom is 0.258 e. The van der Waals surface area contributed by atoms with Crippen LogP contribution in [0, 0.1) is 0 Å². The molecule has 0 aromatic heterocycles. The van der Waals surface area contributed by atoms with Gasteiger partial charge in [-0.1, -0.05) is 18.2 Å². The Morgan fingerprint density at radius 2 is 2.07 bits per heavy atom. The van der Waals surface area contributed by atoms with E-state index in [2.05, 4.69) is 22.9 Å². The lowest BCUT2D eigenvalue weighted by Gasteiger charge is -2.30. The van der Waals surface area contributed by atoms with Gasteiger partial charge in [-0.2, -0.15) is 11.8 Å². The van der Waals surface area contributed by atoms with Gasteiger partial charge in [0.2, 0.25) is 5.91 Å². The predicted octanol–water partition coefficient (Wildman–Crippen LogP) is 1.98. The number of carbonyl (C=O) groups is 2. The minimum Gasteiger partial charge on any atom is -0.484 e. The van der Waals surface area contributed by atoms with Gasteiger partial charge in [-0.3, -0.25) is 9.59 Å². The number of ether oxygens (including phenoxy) is 1. The molecule has 1 heterocycles. The molecule has 3 unspecified atom stereocenters. The molecule has 27 heavy (non-hydrogen) atoms. The Morgan fingerprint density at radius 1 is 1.33 bits per heavy atom. The van der Waals surface area contributed by atoms with Crippen molar-refractivity contribution in [3.63, 3.8) is 0 Å². The van der Waals surface area contributed by atoms with Gasteiger partial charge in [-0.05, 0) is 56.9 Å². The summed E-state index contributed by atoms with van der Waals surface area (Å²) in [5.41, 5.74) is 0. The first-order valence-electron chi connectivity index (χ1n) is 9.08. The SMILES string of the molecule is CSCCC(NC(=O)COc1ccccc1)C(=O)NC1CCNC(C)C1.Cl. The fourth-order valence-corrected chi connectivity index (χ4v) is 3.44. The van der Waals surface area contributed by atoms with Crippen molar-refractivity contribution in [1.82, 2.24) is 16.0 Å². The lowest BCUT2D eigenvalue weighted by molar-refractivity contribution is -0.130. The standard InChI is InChI=1S/C19H29N3O3S.ClH/c1-14-12-15(8-10-20-14)21-19(24)17(9-11-26-2)22-18(23)13-25-16-6-4-3-5-7-16;/h3-7,14-15,17,20H,8-13H2,1-2H3,(H,21,24)(H,22,23);1H.